The molecule has 0 aliphatic rings. The van der Waals surface area contributed by atoms with Crippen molar-refractivity contribution in [3.8, 4) is 0 Å². The van der Waals surface area contributed by atoms with Crippen molar-refractivity contribution >= 4 is 16.5 Å². The lowest BCUT2D eigenvalue weighted by molar-refractivity contribution is 0.426. The zero-order chi connectivity index (χ0) is 15.4. The molecule has 1 heterocycles. The summed E-state index contributed by atoms with van der Waals surface area (Å²) < 4.78 is 14.5. The van der Waals surface area contributed by atoms with Crippen LogP contribution in [0.15, 0.2) is 35.4 Å². The van der Waals surface area contributed by atoms with Gasteiger partial charge in [0.05, 0.1) is 28.3 Å². The van der Waals surface area contributed by atoms with Gasteiger partial charge in [0, 0.05) is 16.8 Å². The SMILES string of the molecule is CCC(CC)n1ccc(CS(=O)c2ccc(N)cc2C)n1. The topological polar surface area (TPSA) is 60.9 Å². The van der Waals surface area contributed by atoms with Crippen LogP contribution in [0.3, 0.4) is 0 Å². The zero-order valence-corrected chi connectivity index (χ0v) is 13.7. The van der Waals surface area contributed by atoms with E-state index in [2.05, 4.69) is 18.9 Å². The minimum absolute atomic E-state index is 0.422. The maximum Gasteiger partial charge on any atom is 0.0753 e. The summed E-state index contributed by atoms with van der Waals surface area (Å²) in [4.78, 5) is 0.835. The van der Waals surface area contributed by atoms with Crippen LogP contribution in [-0.4, -0.2) is 14.0 Å². The second-order valence-corrected chi connectivity index (χ2v) is 6.69. The predicted molar refractivity (Wildman–Crippen MR) is 87.5 cm³/mol. The molecule has 2 aromatic rings. The third-order valence-corrected chi connectivity index (χ3v) is 5.21. The predicted octanol–water partition coefficient (Wildman–Crippen LogP) is 3.44. The first-order valence-electron chi connectivity index (χ1n) is 7.33. The van der Waals surface area contributed by atoms with Gasteiger partial charge in [-0.15, -0.1) is 0 Å². The Labute approximate surface area is 128 Å². The van der Waals surface area contributed by atoms with Crippen molar-refractivity contribution in [2.75, 3.05) is 5.73 Å². The van der Waals surface area contributed by atoms with Crippen LogP contribution < -0.4 is 5.73 Å². The van der Waals surface area contributed by atoms with Crippen LogP contribution in [0.25, 0.3) is 0 Å². The highest BCUT2D eigenvalue weighted by atomic mass is 32.2. The monoisotopic (exact) mass is 305 g/mol. The summed E-state index contributed by atoms with van der Waals surface area (Å²) in [5.41, 5.74) is 8.27. The largest absolute Gasteiger partial charge is 0.399 e. The van der Waals surface area contributed by atoms with Crippen LogP contribution in [0, 0.1) is 6.92 Å². The lowest BCUT2D eigenvalue weighted by atomic mass is 10.2. The quantitative estimate of drug-likeness (QED) is 0.832. The average Bonchev–Trinajstić information content (AvgIpc) is 2.88. The maximum absolute atomic E-state index is 12.5. The van der Waals surface area contributed by atoms with Gasteiger partial charge in [0.1, 0.15) is 0 Å². The summed E-state index contributed by atoms with van der Waals surface area (Å²) in [6.45, 7) is 6.25. The van der Waals surface area contributed by atoms with Crippen molar-refractivity contribution in [3.63, 3.8) is 0 Å². The molecule has 1 aromatic heterocycles. The molecule has 1 atom stereocenters. The van der Waals surface area contributed by atoms with Crippen LogP contribution in [0.5, 0.6) is 0 Å². The van der Waals surface area contributed by atoms with Gasteiger partial charge in [-0.1, -0.05) is 13.8 Å². The van der Waals surface area contributed by atoms with Gasteiger partial charge in [-0.3, -0.25) is 8.89 Å². The third-order valence-electron chi connectivity index (χ3n) is 3.70. The van der Waals surface area contributed by atoms with Crippen molar-refractivity contribution < 1.29 is 4.21 Å². The van der Waals surface area contributed by atoms with Crippen LogP contribution in [-0.2, 0) is 16.6 Å². The van der Waals surface area contributed by atoms with Crippen molar-refractivity contribution in [2.45, 2.75) is 50.3 Å². The molecule has 2 N–H and O–H groups in total. The molecule has 0 spiro atoms. The summed E-state index contributed by atoms with van der Waals surface area (Å²) in [7, 11) is -1.09. The van der Waals surface area contributed by atoms with E-state index in [-0.39, 0.29) is 0 Å². The number of hydrogen-bond donors (Lipinski definition) is 1. The van der Waals surface area contributed by atoms with E-state index >= 15 is 0 Å². The highest BCUT2D eigenvalue weighted by Gasteiger charge is 2.12. The first-order chi connectivity index (χ1) is 10.0. The molecule has 2 rings (SSSR count). The van der Waals surface area contributed by atoms with Crippen LogP contribution in [0.2, 0.25) is 0 Å². The molecule has 0 saturated carbocycles. The summed E-state index contributed by atoms with van der Waals surface area (Å²) in [5.74, 6) is 0.442. The second-order valence-electron chi connectivity index (χ2n) is 5.27. The van der Waals surface area contributed by atoms with Gasteiger partial charge in [0.15, 0.2) is 0 Å². The number of benzene rings is 1. The molecule has 114 valence electrons. The first kappa shape index (κ1) is 15.8. The molecule has 0 fully saturated rings. The van der Waals surface area contributed by atoms with E-state index in [4.69, 9.17) is 5.73 Å². The van der Waals surface area contributed by atoms with E-state index < -0.39 is 10.8 Å². The zero-order valence-electron chi connectivity index (χ0n) is 12.9. The number of anilines is 1. The Morgan fingerprint density at radius 3 is 2.62 bits per heavy atom. The molecule has 5 heteroatoms. The Morgan fingerprint density at radius 1 is 1.29 bits per heavy atom. The van der Waals surface area contributed by atoms with E-state index in [1.54, 1.807) is 6.07 Å². The molecule has 1 unspecified atom stereocenters. The molecule has 0 saturated heterocycles. The standard InChI is InChI=1S/C16H23N3OS/c1-4-15(5-2)19-9-8-14(18-19)11-21(20)16-7-6-13(17)10-12(16)3/h6-10,15H,4-5,11,17H2,1-3H3. The van der Waals surface area contributed by atoms with E-state index in [9.17, 15) is 4.21 Å². The van der Waals surface area contributed by atoms with E-state index in [1.807, 2.05) is 36.0 Å². The summed E-state index contributed by atoms with van der Waals surface area (Å²) in [6.07, 6.45) is 4.09. The Morgan fingerprint density at radius 2 is 2.00 bits per heavy atom. The number of aryl methyl sites for hydroxylation is 1. The minimum atomic E-state index is -1.09. The van der Waals surface area contributed by atoms with Crippen LogP contribution in [0.4, 0.5) is 5.69 Å². The second kappa shape index (κ2) is 6.89. The number of nitrogen functional groups attached to an aromatic ring is 1. The molecule has 0 aliphatic carbocycles. The lowest BCUT2D eigenvalue weighted by Crippen LogP contribution is -2.08. The van der Waals surface area contributed by atoms with Crippen molar-refractivity contribution in [1.82, 2.24) is 9.78 Å². The first-order valence-corrected chi connectivity index (χ1v) is 8.65. The van der Waals surface area contributed by atoms with Crippen LogP contribution in [0.1, 0.15) is 44.0 Å². The van der Waals surface area contributed by atoms with E-state index in [0.29, 0.717) is 17.5 Å². The smallest absolute Gasteiger partial charge is 0.0753 e. The maximum atomic E-state index is 12.5. The van der Waals surface area contributed by atoms with Crippen LogP contribution >= 0.6 is 0 Å². The number of rotatable bonds is 6. The summed E-state index contributed by atoms with van der Waals surface area (Å²) in [5, 5.41) is 4.56. The van der Waals surface area contributed by atoms with Gasteiger partial charge in [-0.2, -0.15) is 5.10 Å². The normalized spacial score (nSPS) is 12.8. The number of aromatic nitrogens is 2. The molecule has 4 nitrogen and oxygen atoms in total. The lowest BCUT2D eigenvalue weighted by Gasteiger charge is -2.12. The van der Waals surface area contributed by atoms with Gasteiger partial charge < -0.3 is 5.73 Å². The van der Waals surface area contributed by atoms with Crippen molar-refractivity contribution in [2.24, 2.45) is 0 Å². The molecule has 1 aromatic carbocycles. The molecule has 0 aliphatic heterocycles. The number of nitrogens with two attached hydrogens (primary N) is 1. The number of nitrogens with zero attached hydrogens (tertiary/aromatic N) is 2. The van der Waals surface area contributed by atoms with Gasteiger partial charge in [-0.25, -0.2) is 0 Å². The average molecular weight is 305 g/mol. The fraction of sp³-hybridized carbons (Fsp3) is 0.438. The Kier molecular flexibility index (Phi) is 5.17. The van der Waals surface area contributed by atoms with Gasteiger partial charge >= 0.3 is 0 Å². The Hall–Kier alpha value is -1.62. The molecular weight excluding hydrogens is 282 g/mol. The Bertz CT molecular complexity index is 632. The van der Waals surface area contributed by atoms with Gasteiger partial charge in [0.2, 0.25) is 0 Å². The summed E-state index contributed by atoms with van der Waals surface area (Å²) in [6, 6.07) is 7.88. The van der Waals surface area contributed by atoms with E-state index in [0.717, 1.165) is 29.0 Å². The summed E-state index contributed by atoms with van der Waals surface area (Å²) >= 11 is 0. The molecule has 21 heavy (non-hydrogen) atoms. The highest BCUT2D eigenvalue weighted by Crippen LogP contribution is 2.20. The molecule has 0 amide bonds. The highest BCUT2D eigenvalue weighted by molar-refractivity contribution is 7.84. The molecule has 0 bridgehead atoms. The number of hydrogen-bond acceptors (Lipinski definition) is 3. The Balaban J connectivity index is 2.13. The van der Waals surface area contributed by atoms with Gasteiger partial charge in [0.25, 0.3) is 0 Å². The van der Waals surface area contributed by atoms with Gasteiger partial charge in [-0.05, 0) is 49.6 Å². The minimum Gasteiger partial charge on any atom is -0.399 e. The van der Waals surface area contributed by atoms with Crippen molar-refractivity contribution in [1.29, 1.82) is 0 Å². The van der Waals surface area contributed by atoms with Crippen molar-refractivity contribution in [3.05, 3.63) is 41.7 Å². The molecule has 0 radical (unpaired) electrons. The fourth-order valence-electron chi connectivity index (χ4n) is 2.46. The third kappa shape index (κ3) is 3.73. The van der Waals surface area contributed by atoms with E-state index in [1.165, 1.54) is 0 Å². The molecular formula is C16H23N3OS. The fourth-order valence-corrected chi connectivity index (χ4v) is 3.68.